The molecule has 5 heteroatoms. The zero-order valence-corrected chi connectivity index (χ0v) is 11.7. The van der Waals surface area contributed by atoms with Crippen molar-refractivity contribution < 1.29 is 19.8 Å². The van der Waals surface area contributed by atoms with Crippen molar-refractivity contribution in [3.05, 3.63) is 0 Å². The molecular weight excluding hydrogens is 234 g/mol. The molecule has 18 heavy (non-hydrogen) atoms. The van der Waals surface area contributed by atoms with Gasteiger partial charge in [-0.05, 0) is 26.7 Å². The van der Waals surface area contributed by atoms with E-state index < -0.39 is 23.0 Å². The molecule has 0 radical (unpaired) electrons. The third-order valence-electron chi connectivity index (χ3n) is 2.91. The lowest BCUT2D eigenvalue weighted by Crippen LogP contribution is -2.51. The summed E-state index contributed by atoms with van der Waals surface area (Å²) in [5.74, 6) is -1.52. The number of carbonyl (C=O) groups is 2. The molecule has 106 valence electrons. The monoisotopic (exact) mass is 259 g/mol. The number of nitrogens with one attached hydrogen (secondary N) is 1. The first-order valence-electron chi connectivity index (χ1n) is 6.43. The van der Waals surface area contributed by atoms with E-state index in [1.54, 1.807) is 0 Å². The van der Waals surface area contributed by atoms with Gasteiger partial charge in [0.2, 0.25) is 5.91 Å². The molecule has 0 saturated heterocycles. The van der Waals surface area contributed by atoms with E-state index in [0.29, 0.717) is 12.8 Å². The van der Waals surface area contributed by atoms with Gasteiger partial charge in [-0.1, -0.05) is 26.7 Å². The fourth-order valence-electron chi connectivity index (χ4n) is 1.98. The maximum absolute atomic E-state index is 11.8. The summed E-state index contributed by atoms with van der Waals surface area (Å²) in [6.07, 6.45) is 2.60. The minimum atomic E-state index is -1.31. The molecule has 0 fully saturated rings. The summed E-state index contributed by atoms with van der Waals surface area (Å²) in [5.41, 5.74) is -2.33. The van der Waals surface area contributed by atoms with Gasteiger partial charge in [-0.2, -0.15) is 0 Å². The second kappa shape index (κ2) is 6.73. The van der Waals surface area contributed by atoms with Gasteiger partial charge in [0.15, 0.2) is 0 Å². The van der Waals surface area contributed by atoms with Crippen molar-refractivity contribution in [1.82, 2.24) is 5.32 Å². The normalized spacial score (nSPS) is 12.3. The number of aliphatic hydroxyl groups is 1. The number of rotatable bonds is 8. The van der Waals surface area contributed by atoms with Crippen LogP contribution in [0.25, 0.3) is 0 Å². The number of carboxylic acids is 1. The van der Waals surface area contributed by atoms with Crippen LogP contribution in [0.3, 0.4) is 0 Å². The van der Waals surface area contributed by atoms with E-state index >= 15 is 0 Å². The van der Waals surface area contributed by atoms with Crippen LogP contribution < -0.4 is 5.32 Å². The Labute approximate surface area is 109 Å². The lowest BCUT2D eigenvalue weighted by atomic mass is 9.88. The Morgan fingerprint density at radius 3 is 1.89 bits per heavy atom. The highest BCUT2D eigenvalue weighted by atomic mass is 16.4. The van der Waals surface area contributed by atoms with Crippen LogP contribution in [0.15, 0.2) is 0 Å². The van der Waals surface area contributed by atoms with E-state index in [1.165, 1.54) is 13.8 Å². The lowest BCUT2D eigenvalue weighted by Gasteiger charge is -2.29. The Kier molecular flexibility index (Phi) is 6.32. The second-order valence-corrected chi connectivity index (χ2v) is 5.38. The lowest BCUT2D eigenvalue weighted by molar-refractivity contribution is -0.147. The van der Waals surface area contributed by atoms with Crippen LogP contribution in [0.4, 0.5) is 0 Å². The van der Waals surface area contributed by atoms with Crippen molar-refractivity contribution >= 4 is 11.9 Å². The predicted molar refractivity (Wildman–Crippen MR) is 69.2 cm³/mol. The van der Waals surface area contributed by atoms with Gasteiger partial charge in [0.05, 0.1) is 12.0 Å². The summed E-state index contributed by atoms with van der Waals surface area (Å²) in [6.45, 7) is 6.73. The summed E-state index contributed by atoms with van der Waals surface area (Å²) < 4.78 is 0. The molecule has 0 bridgehead atoms. The van der Waals surface area contributed by atoms with Crippen molar-refractivity contribution in [2.45, 2.75) is 70.9 Å². The molecule has 3 N–H and O–H groups in total. The molecule has 0 atom stereocenters. The van der Waals surface area contributed by atoms with Gasteiger partial charge < -0.3 is 15.5 Å². The predicted octanol–water partition coefficient (Wildman–Crippen LogP) is 1.69. The molecule has 0 rings (SSSR count). The zero-order valence-electron chi connectivity index (χ0n) is 11.7. The molecule has 0 aromatic carbocycles. The number of hydrogen-bond donors (Lipinski definition) is 3. The second-order valence-electron chi connectivity index (χ2n) is 5.38. The van der Waals surface area contributed by atoms with E-state index in [0.717, 1.165) is 12.8 Å². The summed E-state index contributed by atoms with van der Waals surface area (Å²) in [6, 6.07) is 0. The quantitative estimate of drug-likeness (QED) is 0.619. The molecule has 1 amide bonds. The zero-order chi connectivity index (χ0) is 14.4. The number of amides is 1. The van der Waals surface area contributed by atoms with Crippen LogP contribution in [0.5, 0.6) is 0 Å². The Balaban J connectivity index is 4.57. The third kappa shape index (κ3) is 5.49. The summed E-state index contributed by atoms with van der Waals surface area (Å²) >= 11 is 0. The van der Waals surface area contributed by atoms with Gasteiger partial charge in [-0.15, -0.1) is 0 Å². The summed E-state index contributed by atoms with van der Waals surface area (Å²) in [5, 5.41) is 21.7. The van der Waals surface area contributed by atoms with Crippen LogP contribution in [0.1, 0.15) is 59.8 Å². The fraction of sp³-hybridized carbons (Fsp3) is 0.846. The maximum Gasteiger partial charge on any atom is 0.328 e. The van der Waals surface area contributed by atoms with E-state index in [9.17, 15) is 14.7 Å². The van der Waals surface area contributed by atoms with Crippen molar-refractivity contribution in [2.24, 2.45) is 0 Å². The van der Waals surface area contributed by atoms with Gasteiger partial charge in [-0.3, -0.25) is 4.79 Å². The third-order valence-corrected chi connectivity index (χ3v) is 2.91. The van der Waals surface area contributed by atoms with Crippen molar-refractivity contribution in [3.63, 3.8) is 0 Å². The van der Waals surface area contributed by atoms with Gasteiger partial charge in [-0.25, -0.2) is 4.79 Å². The molecule has 0 aliphatic rings. The average molecular weight is 259 g/mol. The van der Waals surface area contributed by atoms with E-state index in [2.05, 4.69) is 5.32 Å². The number of aliphatic carboxylic acids is 1. The Bertz CT molecular complexity index is 293. The molecular formula is C13H25NO4. The van der Waals surface area contributed by atoms with Crippen LogP contribution in [0, 0.1) is 0 Å². The van der Waals surface area contributed by atoms with Gasteiger partial charge in [0.25, 0.3) is 0 Å². The molecule has 0 aliphatic heterocycles. The molecule has 0 aromatic rings. The largest absolute Gasteiger partial charge is 0.480 e. The van der Waals surface area contributed by atoms with Crippen LogP contribution in [-0.2, 0) is 9.59 Å². The van der Waals surface area contributed by atoms with Gasteiger partial charge >= 0.3 is 5.97 Å². The number of hydrogen-bond acceptors (Lipinski definition) is 3. The Morgan fingerprint density at radius 1 is 1.11 bits per heavy atom. The first-order chi connectivity index (χ1) is 8.17. The van der Waals surface area contributed by atoms with Crippen LogP contribution >= 0.6 is 0 Å². The smallest absolute Gasteiger partial charge is 0.328 e. The van der Waals surface area contributed by atoms with Gasteiger partial charge in [0, 0.05) is 0 Å². The van der Waals surface area contributed by atoms with Crippen LogP contribution in [0.2, 0.25) is 0 Å². The molecule has 0 aromatic heterocycles. The van der Waals surface area contributed by atoms with Crippen molar-refractivity contribution in [3.8, 4) is 0 Å². The number of carbonyl (C=O) groups excluding carboxylic acids is 1. The van der Waals surface area contributed by atoms with E-state index in [1.807, 2.05) is 13.8 Å². The first-order valence-corrected chi connectivity index (χ1v) is 6.43. The topological polar surface area (TPSA) is 86.6 Å². The van der Waals surface area contributed by atoms with E-state index in [4.69, 9.17) is 5.11 Å². The molecule has 0 heterocycles. The molecule has 0 unspecified atom stereocenters. The van der Waals surface area contributed by atoms with Crippen LogP contribution in [-0.4, -0.2) is 33.2 Å². The van der Waals surface area contributed by atoms with Gasteiger partial charge in [0.1, 0.15) is 5.54 Å². The van der Waals surface area contributed by atoms with E-state index in [-0.39, 0.29) is 6.42 Å². The molecule has 0 aliphatic carbocycles. The Hall–Kier alpha value is -1.10. The first kappa shape index (κ1) is 16.9. The van der Waals surface area contributed by atoms with Crippen molar-refractivity contribution in [2.75, 3.05) is 0 Å². The number of carboxylic acid groups (broad SMARTS) is 1. The maximum atomic E-state index is 11.8. The highest BCUT2D eigenvalue weighted by molar-refractivity contribution is 5.86. The minimum absolute atomic E-state index is 0.0502. The highest BCUT2D eigenvalue weighted by Crippen LogP contribution is 2.23. The average Bonchev–Trinajstić information content (AvgIpc) is 2.15. The molecule has 0 spiro atoms. The van der Waals surface area contributed by atoms with Crippen molar-refractivity contribution in [1.29, 1.82) is 0 Å². The minimum Gasteiger partial charge on any atom is -0.480 e. The SMILES string of the molecule is CCCC(O)(CCC)CC(=O)NC(C)(C)C(=O)O. The molecule has 5 nitrogen and oxygen atoms in total. The Morgan fingerprint density at radius 2 is 1.56 bits per heavy atom. The highest BCUT2D eigenvalue weighted by Gasteiger charge is 2.33. The summed E-state index contributed by atoms with van der Waals surface area (Å²) in [7, 11) is 0. The standard InChI is InChI=1S/C13H25NO4/c1-5-7-13(18,8-6-2)9-10(15)14-12(3,4)11(16)17/h18H,5-9H2,1-4H3,(H,14,15)(H,16,17). The summed E-state index contributed by atoms with van der Waals surface area (Å²) in [4.78, 5) is 22.7. The molecule has 0 saturated carbocycles. The fourth-order valence-corrected chi connectivity index (χ4v) is 1.98.